The summed E-state index contributed by atoms with van der Waals surface area (Å²) in [4.78, 5) is 52.2. The Morgan fingerprint density at radius 3 is 2.19 bits per heavy atom. The molecular weight excluding hydrogens is 1110 g/mol. The average molecular weight is 1180 g/mol. The first-order chi connectivity index (χ1) is 39.7. The van der Waals surface area contributed by atoms with Crippen molar-refractivity contribution in [1.82, 2.24) is 35.7 Å². The van der Waals surface area contributed by atoms with E-state index < -0.39 is 46.6 Å². The SMILES string of the molecule is CC(C)C.COc1nc(N2CC3CCC(C2)N3)c2cc(C(F)(F)F)c(-c3ccc(F)c4sc(N)c(C#N)c34)c(F)c2n1.C[C@H](NC(=O)[C@@H]1CCCN1C(=O)CNC(=O)CCOCCCN1CCCC1)c1ccc(-c2c(F)cccc2F)cc1. The van der Waals surface area contributed by atoms with Gasteiger partial charge < -0.3 is 45.9 Å². The second kappa shape index (κ2) is 27.5. The number of alkyl halides is 3. The number of nitrogen functional groups attached to an aromatic ring is 1. The summed E-state index contributed by atoms with van der Waals surface area (Å²) in [5.74, 6) is -3.20. The molecule has 6 heterocycles. The summed E-state index contributed by atoms with van der Waals surface area (Å²) in [5.41, 5.74) is 3.89. The molecular formula is C60H69F7N10O5S. The number of thiophene rings is 1. The molecule has 23 heteroatoms. The predicted octanol–water partition coefficient (Wildman–Crippen LogP) is 10.7. The van der Waals surface area contributed by atoms with Crippen molar-refractivity contribution in [3.63, 3.8) is 0 Å². The molecule has 4 aliphatic rings. The molecule has 83 heavy (non-hydrogen) atoms. The Morgan fingerprint density at radius 1 is 0.880 bits per heavy atom. The fraction of sp³-hybridized carbons (Fsp3) is 0.467. The number of anilines is 2. The molecule has 0 saturated carbocycles. The molecule has 2 bridgehead atoms. The lowest BCUT2D eigenvalue weighted by molar-refractivity contribution is -0.139. The first-order valence-electron chi connectivity index (χ1n) is 28.0. The highest BCUT2D eigenvalue weighted by Gasteiger charge is 2.40. The Hall–Kier alpha value is -7.13. The minimum atomic E-state index is -5.00. The van der Waals surface area contributed by atoms with Crippen LogP contribution in [0.1, 0.15) is 102 Å². The second-order valence-electron chi connectivity index (χ2n) is 21.8. The largest absolute Gasteiger partial charge is 0.467 e. The Morgan fingerprint density at radius 2 is 1.55 bits per heavy atom. The number of aromatic nitrogens is 2. The van der Waals surface area contributed by atoms with Gasteiger partial charge in [-0.25, -0.2) is 17.6 Å². The van der Waals surface area contributed by atoms with Gasteiger partial charge in [-0.2, -0.15) is 28.4 Å². The number of nitriles is 1. The Balaban J connectivity index is 0.000000204. The highest BCUT2D eigenvalue weighted by atomic mass is 32.1. The number of benzene rings is 4. The number of fused-ring (bicyclic) bond motifs is 4. The summed E-state index contributed by atoms with van der Waals surface area (Å²) in [7, 11) is 1.28. The van der Waals surface area contributed by atoms with Gasteiger partial charge >= 0.3 is 12.2 Å². The number of hydrogen-bond acceptors (Lipinski definition) is 13. The van der Waals surface area contributed by atoms with Gasteiger partial charge in [0.05, 0.1) is 47.7 Å². The molecule has 3 amide bonds. The van der Waals surface area contributed by atoms with Crippen LogP contribution in [0.2, 0.25) is 0 Å². The van der Waals surface area contributed by atoms with Crippen LogP contribution >= 0.6 is 11.3 Å². The van der Waals surface area contributed by atoms with Crippen molar-refractivity contribution in [2.75, 3.05) is 76.8 Å². The zero-order chi connectivity index (χ0) is 59.7. The van der Waals surface area contributed by atoms with Crippen molar-refractivity contribution in [2.24, 2.45) is 5.92 Å². The van der Waals surface area contributed by atoms with Crippen LogP contribution in [0.15, 0.2) is 60.7 Å². The summed E-state index contributed by atoms with van der Waals surface area (Å²) < 4.78 is 113. The first kappa shape index (κ1) is 61.9. The molecule has 0 aliphatic carbocycles. The third-order valence-electron chi connectivity index (χ3n) is 14.9. The number of piperazine rings is 1. The molecule has 0 radical (unpaired) electrons. The Labute approximate surface area is 481 Å². The van der Waals surface area contributed by atoms with Crippen LogP contribution in [-0.2, 0) is 25.3 Å². The molecule has 10 rings (SSSR count). The van der Waals surface area contributed by atoms with Gasteiger partial charge in [0.2, 0.25) is 17.7 Å². The number of nitrogens with zero attached hydrogens (tertiary/aromatic N) is 6. The van der Waals surface area contributed by atoms with Crippen molar-refractivity contribution >= 4 is 60.9 Å². The van der Waals surface area contributed by atoms with E-state index in [1.807, 2.05) is 17.9 Å². The van der Waals surface area contributed by atoms with Crippen molar-refractivity contribution < 1.29 is 54.6 Å². The number of carbonyl (C=O) groups is 3. The molecule has 4 saturated heterocycles. The van der Waals surface area contributed by atoms with Crippen molar-refractivity contribution in [3.05, 3.63) is 101 Å². The summed E-state index contributed by atoms with van der Waals surface area (Å²) in [6.07, 6.45) is 1.71. The van der Waals surface area contributed by atoms with Gasteiger partial charge in [0.25, 0.3) is 0 Å². The van der Waals surface area contributed by atoms with Gasteiger partial charge in [0, 0.05) is 67.6 Å². The van der Waals surface area contributed by atoms with E-state index in [4.69, 9.17) is 15.2 Å². The lowest BCUT2D eigenvalue weighted by Crippen LogP contribution is -2.51. The van der Waals surface area contributed by atoms with Crippen molar-refractivity contribution in [3.8, 4) is 34.3 Å². The number of likely N-dealkylation sites (tertiary alicyclic amines) is 2. The van der Waals surface area contributed by atoms with Crippen LogP contribution in [0.4, 0.5) is 41.6 Å². The minimum absolute atomic E-state index is 0.0803. The molecule has 2 aromatic heterocycles. The van der Waals surface area contributed by atoms with E-state index in [1.165, 1.54) is 43.1 Å². The maximum atomic E-state index is 16.4. The summed E-state index contributed by atoms with van der Waals surface area (Å²) in [5, 5.41) is 18.3. The maximum absolute atomic E-state index is 16.4. The van der Waals surface area contributed by atoms with Crippen molar-refractivity contribution in [1.29, 1.82) is 5.26 Å². The topological polar surface area (TPSA) is 191 Å². The van der Waals surface area contributed by atoms with Crippen LogP contribution < -0.4 is 31.3 Å². The number of rotatable bonds is 16. The van der Waals surface area contributed by atoms with E-state index in [9.17, 15) is 46.0 Å². The lowest BCUT2D eigenvalue weighted by Gasteiger charge is -2.34. The van der Waals surface area contributed by atoms with E-state index in [0.717, 1.165) is 68.6 Å². The number of hydrogen-bond donors (Lipinski definition) is 4. The first-order valence-corrected chi connectivity index (χ1v) is 28.8. The van der Waals surface area contributed by atoms with Crippen LogP contribution in [0.5, 0.6) is 6.01 Å². The van der Waals surface area contributed by atoms with Gasteiger partial charge in [0.15, 0.2) is 5.82 Å². The van der Waals surface area contributed by atoms with Gasteiger partial charge in [-0.05, 0) is 112 Å². The third-order valence-corrected chi connectivity index (χ3v) is 15.9. The Bertz CT molecular complexity index is 3300. The second-order valence-corrected chi connectivity index (χ2v) is 22.9. The molecule has 4 atom stereocenters. The summed E-state index contributed by atoms with van der Waals surface area (Å²) >= 11 is 0.714. The van der Waals surface area contributed by atoms with Crippen LogP contribution in [0.25, 0.3) is 43.2 Å². The highest BCUT2D eigenvalue weighted by Crippen LogP contribution is 2.48. The lowest BCUT2D eigenvalue weighted by atomic mass is 9.92. The van der Waals surface area contributed by atoms with Crippen LogP contribution in [0, 0.1) is 40.5 Å². The number of carbonyl (C=O) groups excluding carboxylic acids is 3. The van der Waals surface area contributed by atoms with E-state index in [1.54, 1.807) is 24.3 Å². The zero-order valence-electron chi connectivity index (χ0n) is 47.0. The van der Waals surface area contributed by atoms with E-state index in [0.29, 0.717) is 62.6 Å². The van der Waals surface area contributed by atoms with E-state index >= 15 is 4.39 Å². The predicted molar refractivity (Wildman–Crippen MR) is 305 cm³/mol. The molecule has 0 spiro atoms. The van der Waals surface area contributed by atoms with E-state index in [2.05, 4.69) is 51.6 Å². The van der Waals surface area contributed by atoms with Crippen molar-refractivity contribution in [2.45, 2.75) is 109 Å². The maximum Gasteiger partial charge on any atom is 0.417 e. The molecule has 444 valence electrons. The van der Waals surface area contributed by atoms with Gasteiger partial charge in [-0.3, -0.25) is 14.4 Å². The fourth-order valence-electron chi connectivity index (χ4n) is 11.0. The molecule has 4 aliphatic heterocycles. The normalized spacial score (nSPS) is 18.1. The molecule has 4 aromatic carbocycles. The monoisotopic (exact) mass is 1170 g/mol. The number of halogens is 7. The average Bonchev–Trinajstić information content (AvgIpc) is 4.43. The molecule has 4 fully saturated rings. The summed E-state index contributed by atoms with van der Waals surface area (Å²) in [6, 6.07) is 14.1. The zero-order valence-corrected chi connectivity index (χ0v) is 47.9. The summed E-state index contributed by atoms with van der Waals surface area (Å²) in [6.45, 7) is 13.8. The smallest absolute Gasteiger partial charge is 0.417 e. The van der Waals surface area contributed by atoms with Gasteiger partial charge in [-0.15, -0.1) is 11.3 Å². The minimum Gasteiger partial charge on any atom is -0.467 e. The molecule has 5 N–H and O–H groups in total. The number of ether oxygens (including phenoxy) is 2. The molecule has 2 unspecified atom stereocenters. The number of nitrogens with two attached hydrogens (primary N) is 1. The number of amides is 3. The van der Waals surface area contributed by atoms with Gasteiger partial charge in [0.1, 0.15) is 45.9 Å². The fourth-order valence-corrected chi connectivity index (χ4v) is 11.9. The Kier molecular flexibility index (Phi) is 20.5. The highest BCUT2D eigenvalue weighted by molar-refractivity contribution is 7.23. The standard InChI is InChI=1S/C31H40F2N4O4.C25H19F5N6OS.C4H10/c1-22(23-10-12-24(13-11-23)30-25(32)7-4-8-26(30)33)35-31(40)27-9-5-18-37(27)29(39)21-34-28(38)14-20-41-19-6-17-36-15-2-3-16-36;1-37-24-34-20-13(23(35-24)36-8-10-2-3-11(9-36)33-10)6-15(25(28,29)30)18(19(20)27)12-4-5-16(26)21-17(12)14(7-31)22(32)38-21;1-4(2)3/h4,7-8,10-13,22,27H,2-3,5-6,9,14-21H2,1H3,(H,34,38)(H,35,40);4-6,10-11,33H,2-3,8-9,32H2,1H3;4H,1-3H3/t22-,27-;;/m0../s1. The van der Waals surface area contributed by atoms with Crippen LogP contribution in [-0.4, -0.2) is 122 Å². The van der Waals surface area contributed by atoms with Gasteiger partial charge in [-0.1, -0.05) is 57.2 Å². The molecule has 15 nitrogen and oxygen atoms in total. The molecule has 6 aromatic rings. The van der Waals surface area contributed by atoms with E-state index in [-0.39, 0.29) is 103 Å². The number of nitrogens with one attached hydrogen (secondary N) is 3. The number of methoxy groups -OCH3 is 1. The quantitative estimate of drug-likeness (QED) is 0.0531. The third kappa shape index (κ3) is 14.8. The van der Waals surface area contributed by atoms with Crippen LogP contribution in [0.3, 0.4) is 0 Å².